The van der Waals surface area contributed by atoms with Crippen molar-refractivity contribution in [3.05, 3.63) is 34.1 Å². The van der Waals surface area contributed by atoms with Gasteiger partial charge in [0, 0.05) is 31.2 Å². The fraction of sp³-hybridized carbons (Fsp3) is 0.562. The maximum atomic E-state index is 13.5. The van der Waals surface area contributed by atoms with Crippen molar-refractivity contribution in [1.29, 1.82) is 0 Å². The van der Waals surface area contributed by atoms with Crippen molar-refractivity contribution in [3.63, 3.8) is 0 Å². The second-order valence-electron chi connectivity index (χ2n) is 6.12. The molecule has 1 heterocycles. The molecule has 8 nitrogen and oxygen atoms in total. The van der Waals surface area contributed by atoms with Crippen LogP contribution in [0.2, 0.25) is 0 Å². The molecule has 0 radical (unpaired) electrons. The minimum atomic E-state index is -1.00. The summed E-state index contributed by atoms with van der Waals surface area (Å²) >= 11 is 0. The maximum Gasteiger partial charge on any atom is 0.305 e. The first kappa shape index (κ1) is 22.1. The third kappa shape index (κ3) is 6.08. The summed E-state index contributed by atoms with van der Waals surface area (Å²) in [4.78, 5) is 21.7. The Kier molecular flexibility index (Phi) is 8.70. The SMILES string of the molecule is COCC1(CNC(=O)COc2ccc([N+](=O)[O-])c(F)c2)CCNCC1.Cl. The van der Waals surface area contributed by atoms with Crippen molar-refractivity contribution in [3.8, 4) is 5.75 Å². The number of hydrogen-bond donors (Lipinski definition) is 2. The van der Waals surface area contributed by atoms with Crippen molar-refractivity contribution in [2.45, 2.75) is 12.8 Å². The Labute approximate surface area is 157 Å². The Balaban J connectivity index is 0.00000338. The molecule has 0 saturated carbocycles. The lowest BCUT2D eigenvalue weighted by atomic mass is 9.79. The van der Waals surface area contributed by atoms with E-state index in [0.717, 1.165) is 38.1 Å². The summed E-state index contributed by atoms with van der Waals surface area (Å²) in [6, 6.07) is 3.16. The fourth-order valence-corrected chi connectivity index (χ4v) is 2.85. The molecule has 0 spiro atoms. The fourth-order valence-electron chi connectivity index (χ4n) is 2.85. The monoisotopic (exact) mass is 391 g/mol. The van der Waals surface area contributed by atoms with Crippen molar-refractivity contribution in [2.24, 2.45) is 5.41 Å². The number of methoxy groups -OCH3 is 1. The van der Waals surface area contributed by atoms with Crippen molar-refractivity contribution in [1.82, 2.24) is 10.6 Å². The van der Waals surface area contributed by atoms with Gasteiger partial charge in [0.05, 0.1) is 11.5 Å². The van der Waals surface area contributed by atoms with Gasteiger partial charge in [0.25, 0.3) is 5.91 Å². The zero-order valence-corrected chi connectivity index (χ0v) is 15.3. The van der Waals surface area contributed by atoms with Gasteiger partial charge < -0.3 is 20.1 Å². The molecule has 0 atom stereocenters. The van der Waals surface area contributed by atoms with E-state index in [2.05, 4.69) is 10.6 Å². The predicted molar refractivity (Wildman–Crippen MR) is 95.2 cm³/mol. The summed E-state index contributed by atoms with van der Waals surface area (Å²) in [5.74, 6) is -1.28. The van der Waals surface area contributed by atoms with Gasteiger partial charge in [0.15, 0.2) is 6.61 Å². The molecule has 1 aliphatic heterocycles. The van der Waals surface area contributed by atoms with E-state index in [1.807, 2.05) is 0 Å². The number of amides is 1. The first-order chi connectivity index (χ1) is 12.0. The van der Waals surface area contributed by atoms with Crippen molar-refractivity contribution < 1.29 is 23.6 Å². The molecule has 1 fully saturated rings. The number of carbonyl (C=O) groups excluding carboxylic acids is 1. The van der Waals surface area contributed by atoms with Gasteiger partial charge in [-0.15, -0.1) is 12.4 Å². The summed E-state index contributed by atoms with van der Waals surface area (Å²) in [5, 5.41) is 16.7. The molecular weight excluding hydrogens is 369 g/mol. The van der Waals surface area contributed by atoms with Gasteiger partial charge in [-0.1, -0.05) is 0 Å². The minimum Gasteiger partial charge on any atom is -0.484 e. The highest BCUT2D eigenvalue weighted by Gasteiger charge is 2.32. The minimum absolute atomic E-state index is 0. The van der Waals surface area contributed by atoms with E-state index < -0.39 is 16.4 Å². The van der Waals surface area contributed by atoms with Crippen molar-refractivity contribution in [2.75, 3.05) is 40.0 Å². The van der Waals surface area contributed by atoms with Crippen LogP contribution >= 0.6 is 12.4 Å². The molecular formula is C16H23ClFN3O5. The number of carbonyl (C=O) groups is 1. The van der Waals surface area contributed by atoms with Crippen LogP contribution in [0, 0.1) is 21.3 Å². The molecule has 26 heavy (non-hydrogen) atoms. The molecule has 2 N–H and O–H groups in total. The van der Waals surface area contributed by atoms with E-state index >= 15 is 0 Å². The van der Waals surface area contributed by atoms with E-state index in [4.69, 9.17) is 9.47 Å². The zero-order valence-electron chi connectivity index (χ0n) is 14.5. The third-order valence-corrected chi connectivity index (χ3v) is 4.26. The third-order valence-electron chi connectivity index (χ3n) is 4.26. The highest BCUT2D eigenvalue weighted by Crippen LogP contribution is 2.28. The Morgan fingerprint density at radius 2 is 2.12 bits per heavy atom. The van der Waals surface area contributed by atoms with Gasteiger partial charge in [-0.2, -0.15) is 4.39 Å². The second-order valence-corrected chi connectivity index (χ2v) is 6.12. The molecule has 1 aromatic carbocycles. The standard InChI is InChI=1S/C16H22FN3O5.ClH/c1-24-11-16(4-6-18-7-5-16)10-19-15(21)9-25-12-2-3-14(20(22)23)13(17)8-12;/h2-3,8,18H,4-7,9-11H2,1H3,(H,19,21);1H. The highest BCUT2D eigenvalue weighted by atomic mass is 35.5. The lowest BCUT2D eigenvalue weighted by Gasteiger charge is -2.37. The maximum absolute atomic E-state index is 13.5. The number of benzene rings is 1. The summed E-state index contributed by atoms with van der Waals surface area (Å²) in [5.41, 5.74) is -0.737. The largest absolute Gasteiger partial charge is 0.484 e. The molecule has 2 rings (SSSR count). The van der Waals surface area contributed by atoms with Gasteiger partial charge in [-0.3, -0.25) is 14.9 Å². The Morgan fingerprint density at radius 3 is 2.69 bits per heavy atom. The molecule has 10 heteroatoms. The molecule has 0 unspecified atom stereocenters. The van der Waals surface area contributed by atoms with Crippen LogP contribution < -0.4 is 15.4 Å². The second kappa shape index (κ2) is 10.2. The normalized spacial score (nSPS) is 15.6. The number of nitro benzene ring substituents is 1. The number of ether oxygens (including phenoxy) is 2. The van der Waals surface area contributed by atoms with Crippen LogP contribution in [0.3, 0.4) is 0 Å². The van der Waals surface area contributed by atoms with E-state index in [0.29, 0.717) is 13.2 Å². The van der Waals surface area contributed by atoms with Gasteiger partial charge in [-0.25, -0.2) is 0 Å². The van der Waals surface area contributed by atoms with Gasteiger partial charge in [0.2, 0.25) is 5.82 Å². The average Bonchev–Trinajstić information content (AvgIpc) is 2.59. The number of nitrogens with one attached hydrogen (secondary N) is 2. The predicted octanol–water partition coefficient (Wildman–Crippen LogP) is 1.67. The van der Waals surface area contributed by atoms with Crippen molar-refractivity contribution >= 4 is 24.0 Å². The summed E-state index contributed by atoms with van der Waals surface area (Å²) in [6.45, 7) is 2.48. The molecule has 1 amide bonds. The van der Waals surface area contributed by atoms with Crippen LogP contribution in [0.1, 0.15) is 12.8 Å². The molecule has 1 aliphatic rings. The smallest absolute Gasteiger partial charge is 0.305 e. The Hall–Kier alpha value is -1.97. The Bertz CT molecular complexity index is 620. The van der Waals surface area contributed by atoms with Crippen LogP contribution in [0.4, 0.5) is 10.1 Å². The molecule has 0 bridgehead atoms. The average molecular weight is 392 g/mol. The summed E-state index contributed by atoms with van der Waals surface area (Å²) in [7, 11) is 1.64. The number of nitrogens with zero attached hydrogens (tertiary/aromatic N) is 1. The quantitative estimate of drug-likeness (QED) is 0.516. The van der Waals surface area contributed by atoms with Gasteiger partial charge in [-0.05, 0) is 32.0 Å². The first-order valence-corrected chi connectivity index (χ1v) is 7.99. The summed E-state index contributed by atoms with van der Waals surface area (Å²) in [6.07, 6.45) is 1.80. The van der Waals surface area contributed by atoms with Gasteiger partial charge in [0.1, 0.15) is 5.75 Å². The summed E-state index contributed by atoms with van der Waals surface area (Å²) < 4.78 is 24.0. The van der Waals surface area contributed by atoms with Crippen LogP contribution in [0.5, 0.6) is 5.75 Å². The van der Waals surface area contributed by atoms with Crippen LogP contribution in [-0.2, 0) is 9.53 Å². The lowest BCUT2D eigenvalue weighted by molar-refractivity contribution is -0.387. The van der Waals surface area contributed by atoms with Crippen LogP contribution in [0.15, 0.2) is 18.2 Å². The van der Waals surface area contributed by atoms with E-state index in [-0.39, 0.29) is 36.1 Å². The molecule has 1 aromatic rings. The Morgan fingerprint density at radius 1 is 1.42 bits per heavy atom. The van der Waals surface area contributed by atoms with E-state index in [9.17, 15) is 19.3 Å². The zero-order chi connectivity index (χ0) is 18.3. The lowest BCUT2D eigenvalue weighted by Crippen LogP contribution is -2.47. The topological polar surface area (TPSA) is 103 Å². The number of hydrogen-bond acceptors (Lipinski definition) is 6. The van der Waals surface area contributed by atoms with Crippen LogP contribution in [0.25, 0.3) is 0 Å². The first-order valence-electron chi connectivity index (χ1n) is 7.99. The van der Waals surface area contributed by atoms with E-state index in [1.165, 1.54) is 6.07 Å². The molecule has 0 aliphatic carbocycles. The molecule has 146 valence electrons. The molecule has 1 saturated heterocycles. The van der Waals surface area contributed by atoms with Gasteiger partial charge >= 0.3 is 5.69 Å². The highest BCUT2D eigenvalue weighted by molar-refractivity contribution is 5.85. The van der Waals surface area contributed by atoms with Crippen LogP contribution in [-0.4, -0.2) is 50.8 Å². The molecule has 0 aromatic heterocycles. The number of piperidine rings is 1. The number of rotatable bonds is 8. The number of halogens is 2. The van der Waals surface area contributed by atoms with E-state index in [1.54, 1.807) is 7.11 Å². The number of nitro groups is 1.